The minimum atomic E-state index is -1.85. The Hall–Kier alpha value is -2.73. The quantitative estimate of drug-likeness (QED) is 0.674. The van der Waals surface area contributed by atoms with E-state index in [1.807, 2.05) is 6.92 Å². The molecule has 0 spiro atoms. The van der Waals surface area contributed by atoms with E-state index in [0.717, 1.165) is 5.56 Å². The Kier molecular flexibility index (Phi) is 4.76. The van der Waals surface area contributed by atoms with Crippen LogP contribution in [0.5, 0.6) is 17.2 Å². The Morgan fingerprint density at radius 1 is 1.09 bits per heavy atom. The van der Waals surface area contributed by atoms with Gasteiger partial charge in [0.25, 0.3) is 0 Å². The molecule has 0 heterocycles. The molecule has 0 amide bonds. The standard InChI is InChI=1S/C17H18O6/c1-9(10-3-5-12(18)6-4-10)11-7-13(16(20)17(21)22)15(19)14(8-11)23-2/h3-9,16,18-20H,1-2H3,(H,21,22). The molecule has 2 aromatic carbocycles. The highest BCUT2D eigenvalue weighted by Gasteiger charge is 2.24. The monoisotopic (exact) mass is 318 g/mol. The van der Waals surface area contributed by atoms with Crippen LogP contribution in [0.15, 0.2) is 36.4 Å². The van der Waals surface area contributed by atoms with Crippen molar-refractivity contribution in [3.63, 3.8) is 0 Å². The molecule has 122 valence electrons. The van der Waals surface area contributed by atoms with Crippen LogP contribution in [0.2, 0.25) is 0 Å². The van der Waals surface area contributed by atoms with Crippen LogP contribution in [-0.4, -0.2) is 33.5 Å². The van der Waals surface area contributed by atoms with Crippen molar-refractivity contribution < 1.29 is 30.0 Å². The number of hydrogen-bond acceptors (Lipinski definition) is 5. The Bertz CT molecular complexity index is 708. The molecular weight excluding hydrogens is 300 g/mol. The number of rotatable bonds is 5. The van der Waals surface area contributed by atoms with Gasteiger partial charge in [0.05, 0.1) is 7.11 Å². The highest BCUT2D eigenvalue weighted by atomic mass is 16.5. The molecule has 23 heavy (non-hydrogen) atoms. The molecular formula is C17H18O6. The fourth-order valence-electron chi connectivity index (χ4n) is 2.35. The lowest BCUT2D eigenvalue weighted by atomic mass is 9.90. The first-order chi connectivity index (χ1) is 10.8. The molecule has 2 aromatic rings. The van der Waals surface area contributed by atoms with Gasteiger partial charge < -0.3 is 25.2 Å². The van der Waals surface area contributed by atoms with E-state index in [9.17, 15) is 20.1 Å². The number of aromatic hydroxyl groups is 2. The van der Waals surface area contributed by atoms with Gasteiger partial charge in [0.1, 0.15) is 5.75 Å². The number of benzene rings is 2. The lowest BCUT2D eigenvalue weighted by Crippen LogP contribution is -2.12. The van der Waals surface area contributed by atoms with Gasteiger partial charge in [-0.25, -0.2) is 4.79 Å². The number of ether oxygens (including phenoxy) is 1. The molecule has 0 radical (unpaired) electrons. The van der Waals surface area contributed by atoms with Crippen molar-refractivity contribution >= 4 is 5.97 Å². The summed E-state index contributed by atoms with van der Waals surface area (Å²) in [6.45, 7) is 1.88. The van der Waals surface area contributed by atoms with Crippen molar-refractivity contribution in [3.8, 4) is 17.2 Å². The van der Waals surface area contributed by atoms with E-state index in [4.69, 9.17) is 9.84 Å². The van der Waals surface area contributed by atoms with Crippen molar-refractivity contribution in [3.05, 3.63) is 53.1 Å². The third-order valence-corrected chi connectivity index (χ3v) is 3.77. The predicted octanol–water partition coefficient (Wildman–Crippen LogP) is 2.38. The Morgan fingerprint density at radius 3 is 2.22 bits per heavy atom. The molecule has 2 atom stereocenters. The first-order valence-corrected chi connectivity index (χ1v) is 6.95. The molecule has 6 nitrogen and oxygen atoms in total. The van der Waals surface area contributed by atoms with Crippen LogP contribution >= 0.6 is 0 Å². The minimum absolute atomic E-state index is 0.0865. The van der Waals surface area contributed by atoms with E-state index in [1.54, 1.807) is 30.3 Å². The van der Waals surface area contributed by atoms with Crippen molar-refractivity contribution in [2.75, 3.05) is 7.11 Å². The summed E-state index contributed by atoms with van der Waals surface area (Å²) in [7, 11) is 1.35. The van der Waals surface area contributed by atoms with Crippen LogP contribution < -0.4 is 4.74 Å². The van der Waals surface area contributed by atoms with Crippen LogP contribution in [0.1, 0.15) is 35.6 Å². The summed E-state index contributed by atoms with van der Waals surface area (Å²) in [6.07, 6.45) is -1.85. The second-order valence-corrected chi connectivity index (χ2v) is 5.21. The van der Waals surface area contributed by atoms with Crippen LogP contribution in [0.25, 0.3) is 0 Å². The molecule has 0 aliphatic heterocycles. The minimum Gasteiger partial charge on any atom is -0.508 e. The summed E-state index contributed by atoms with van der Waals surface area (Å²) < 4.78 is 5.07. The number of aliphatic hydroxyl groups is 1. The molecule has 0 aromatic heterocycles. The lowest BCUT2D eigenvalue weighted by Gasteiger charge is -2.18. The second-order valence-electron chi connectivity index (χ2n) is 5.21. The maximum absolute atomic E-state index is 11.0. The van der Waals surface area contributed by atoms with Crippen LogP contribution in [0, 0.1) is 0 Å². The SMILES string of the molecule is COc1cc(C(C)c2ccc(O)cc2)cc(C(O)C(=O)O)c1O. The fraction of sp³-hybridized carbons (Fsp3) is 0.235. The lowest BCUT2D eigenvalue weighted by molar-refractivity contribution is -0.147. The number of aliphatic carboxylic acids is 1. The number of phenols is 2. The number of methoxy groups -OCH3 is 1. The third-order valence-electron chi connectivity index (χ3n) is 3.77. The van der Waals surface area contributed by atoms with Crippen molar-refractivity contribution in [1.29, 1.82) is 0 Å². The normalized spacial score (nSPS) is 13.3. The number of hydrogen-bond donors (Lipinski definition) is 4. The summed E-state index contributed by atoms with van der Waals surface area (Å²) >= 11 is 0. The van der Waals surface area contributed by atoms with E-state index in [2.05, 4.69) is 0 Å². The van der Waals surface area contributed by atoms with Crippen molar-refractivity contribution in [2.24, 2.45) is 0 Å². The van der Waals surface area contributed by atoms with Crippen molar-refractivity contribution in [1.82, 2.24) is 0 Å². The topological polar surface area (TPSA) is 107 Å². The zero-order valence-corrected chi connectivity index (χ0v) is 12.7. The molecule has 0 fully saturated rings. The smallest absolute Gasteiger partial charge is 0.337 e. The third kappa shape index (κ3) is 3.37. The summed E-state index contributed by atoms with van der Waals surface area (Å²) in [5, 5.41) is 38.1. The van der Waals surface area contributed by atoms with Gasteiger partial charge in [0, 0.05) is 11.5 Å². The number of aliphatic hydroxyl groups excluding tert-OH is 1. The molecule has 0 saturated carbocycles. The van der Waals surface area contributed by atoms with E-state index in [1.165, 1.54) is 13.2 Å². The summed E-state index contributed by atoms with van der Waals surface area (Å²) in [5.41, 5.74) is 1.42. The average Bonchev–Trinajstić information content (AvgIpc) is 2.54. The van der Waals surface area contributed by atoms with E-state index < -0.39 is 17.8 Å². The van der Waals surface area contributed by atoms with Gasteiger partial charge in [0.15, 0.2) is 17.6 Å². The molecule has 4 N–H and O–H groups in total. The van der Waals surface area contributed by atoms with Gasteiger partial charge in [-0.1, -0.05) is 19.1 Å². The van der Waals surface area contributed by atoms with E-state index in [0.29, 0.717) is 5.56 Å². The van der Waals surface area contributed by atoms with Gasteiger partial charge in [-0.2, -0.15) is 0 Å². The highest BCUT2D eigenvalue weighted by Crippen LogP contribution is 2.38. The largest absolute Gasteiger partial charge is 0.508 e. The first kappa shape index (κ1) is 16.6. The van der Waals surface area contributed by atoms with E-state index in [-0.39, 0.29) is 23.0 Å². The maximum atomic E-state index is 11.0. The number of carboxylic acids is 1. The molecule has 0 saturated heterocycles. The number of carbonyl (C=O) groups is 1. The Morgan fingerprint density at radius 2 is 1.70 bits per heavy atom. The average molecular weight is 318 g/mol. The zero-order chi connectivity index (χ0) is 17.1. The Balaban J connectivity index is 2.51. The van der Waals surface area contributed by atoms with Gasteiger partial charge in [-0.05, 0) is 35.4 Å². The summed E-state index contributed by atoms with van der Waals surface area (Å²) in [4.78, 5) is 11.0. The molecule has 0 aliphatic carbocycles. The van der Waals surface area contributed by atoms with Gasteiger partial charge in [0.2, 0.25) is 0 Å². The predicted molar refractivity (Wildman–Crippen MR) is 82.9 cm³/mol. The number of phenolic OH excluding ortho intramolecular Hbond substituents is 2. The van der Waals surface area contributed by atoms with Gasteiger partial charge >= 0.3 is 5.97 Å². The highest BCUT2D eigenvalue weighted by molar-refractivity contribution is 5.76. The van der Waals surface area contributed by atoms with Crippen LogP contribution in [0.3, 0.4) is 0 Å². The zero-order valence-electron chi connectivity index (χ0n) is 12.7. The summed E-state index contributed by atoms with van der Waals surface area (Å²) in [5.74, 6) is -1.79. The molecule has 0 bridgehead atoms. The summed E-state index contributed by atoms with van der Waals surface area (Å²) in [6, 6.07) is 9.62. The van der Waals surface area contributed by atoms with Crippen molar-refractivity contribution in [2.45, 2.75) is 18.9 Å². The van der Waals surface area contributed by atoms with Gasteiger partial charge in [-0.3, -0.25) is 0 Å². The van der Waals surface area contributed by atoms with Crippen LogP contribution in [-0.2, 0) is 4.79 Å². The second kappa shape index (κ2) is 6.58. The fourth-order valence-corrected chi connectivity index (χ4v) is 2.35. The van der Waals surface area contributed by atoms with Crippen LogP contribution in [0.4, 0.5) is 0 Å². The first-order valence-electron chi connectivity index (χ1n) is 6.95. The number of carboxylic acid groups (broad SMARTS) is 1. The maximum Gasteiger partial charge on any atom is 0.337 e. The van der Waals surface area contributed by atoms with Gasteiger partial charge in [-0.15, -0.1) is 0 Å². The molecule has 6 heteroatoms. The Labute approximate surface area is 133 Å². The molecule has 2 rings (SSSR count). The molecule has 0 aliphatic rings. The van der Waals surface area contributed by atoms with E-state index >= 15 is 0 Å². The molecule has 2 unspecified atom stereocenters.